The van der Waals surface area contributed by atoms with Gasteiger partial charge in [-0.15, -0.1) is 0 Å². The van der Waals surface area contributed by atoms with Crippen molar-refractivity contribution in [2.24, 2.45) is 0 Å². The summed E-state index contributed by atoms with van der Waals surface area (Å²) in [7, 11) is 0. The largest absolute Gasteiger partial charge is 0.477 e. The number of aromatic nitrogens is 1. The van der Waals surface area contributed by atoms with Gasteiger partial charge in [-0.05, 0) is 30.4 Å². The lowest BCUT2D eigenvalue weighted by Crippen LogP contribution is -2.27. The molecule has 2 N–H and O–H groups in total. The number of hydrogen-bond acceptors (Lipinski definition) is 4. The van der Waals surface area contributed by atoms with Crippen LogP contribution in [-0.4, -0.2) is 22.1 Å². The maximum Gasteiger partial charge on any atom is 0.347 e. The van der Waals surface area contributed by atoms with Gasteiger partial charge in [0.15, 0.2) is 5.13 Å². The number of carbonyl (C=O) groups is 1. The van der Waals surface area contributed by atoms with Crippen molar-refractivity contribution in [2.75, 3.05) is 5.32 Å². The van der Waals surface area contributed by atoms with Crippen molar-refractivity contribution < 1.29 is 9.90 Å². The van der Waals surface area contributed by atoms with E-state index in [-0.39, 0.29) is 4.88 Å². The molecular formula is C14H14N2O2S. The van der Waals surface area contributed by atoms with Crippen LogP contribution in [0.5, 0.6) is 0 Å². The molecule has 1 aromatic carbocycles. The molecule has 1 unspecified atom stereocenters. The van der Waals surface area contributed by atoms with Gasteiger partial charge in [0.05, 0.1) is 6.20 Å². The van der Waals surface area contributed by atoms with Crippen molar-refractivity contribution in [2.45, 2.75) is 25.3 Å². The number of benzene rings is 1. The molecule has 0 bridgehead atoms. The third-order valence-corrected chi connectivity index (χ3v) is 4.31. The lowest BCUT2D eigenvalue weighted by atomic mass is 9.88. The van der Waals surface area contributed by atoms with Crippen molar-refractivity contribution in [3.05, 3.63) is 46.5 Å². The molecule has 0 amide bonds. The summed E-state index contributed by atoms with van der Waals surface area (Å²) in [6.45, 7) is 0. The van der Waals surface area contributed by atoms with Gasteiger partial charge in [-0.25, -0.2) is 9.78 Å². The molecule has 0 saturated carbocycles. The normalized spacial score (nSPS) is 17.8. The maximum absolute atomic E-state index is 10.8. The molecule has 0 aliphatic heterocycles. The summed E-state index contributed by atoms with van der Waals surface area (Å²) < 4.78 is 0. The average molecular weight is 274 g/mol. The predicted octanol–water partition coefficient (Wildman–Crippen LogP) is 2.81. The summed E-state index contributed by atoms with van der Waals surface area (Å²) in [6.07, 6.45) is 4.49. The first-order chi connectivity index (χ1) is 9.22. The smallest absolute Gasteiger partial charge is 0.347 e. The number of carboxylic acid groups (broad SMARTS) is 1. The van der Waals surface area contributed by atoms with Gasteiger partial charge < -0.3 is 10.4 Å². The zero-order chi connectivity index (χ0) is 13.2. The molecule has 19 heavy (non-hydrogen) atoms. The number of nitrogens with zero attached hydrogens (tertiary/aromatic N) is 1. The van der Waals surface area contributed by atoms with E-state index in [0.717, 1.165) is 19.3 Å². The lowest BCUT2D eigenvalue weighted by molar-refractivity contribution is 0.0702. The molecule has 1 aromatic heterocycles. The number of nitrogens with one attached hydrogen (secondary N) is 1. The fourth-order valence-corrected chi connectivity index (χ4v) is 3.17. The zero-order valence-corrected chi connectivity index (χ0v) is 11.1. The number of thiazole rings is 1. The second-order valence-corrected chi connectivity index (χ2v) is 5.72. The molecule has 98 valence electrons. The molecule has 1 atom stereocenters. The first-order valence-corrected chi connectivity index (χ1v) is 7.06. The topological polar surface area (TPSA) is 62.2 Å². The van der Waals surface area contributed by atoms with Crippen LogP contribution in [0, 0.1) is 0 Å². The van der Waals surface area contributed by atoms with E-state index >= 15 is 0 Å². The summed E-state index contributed by atoms with van der Waals surface area (Å²) in [5.41, 5.74) is 2.80. The van der Waals surface area contributed by atoms with Crippen LogP contribution in [0.25, 0.3) is 0 Å². The summed E-state index contributed by atoms with van der Waals surface area (Å²) >= 11 is 1.19. The highest BCUT2D eigenvalue weighted by Gasteiger charge is 2.19. The van der Waals surface area contributed by atoms with Gasteiger partial charge in [-0.2, -0.15) is 0 Å². The third-order valence-electron chi connectivity index (χ3n) is 3.39. The van der Waals surface area contributed by atoms with Crippen molar-refractivity contribution in [1.29, 1.82) is 0 Å². The van der Waals surface area contributed by atoms with E-state index in [1.165, 1.54) is 28.7 Å². The van der Waals surface area contributed by atoms with Crippen molar-refractivity contribution in [1.82, 2.24) is 4.98 Å². The fourth-order valence-electron chi connectivity index (χ4n) is 2.44. The molecule has 2 aromatic rings. The second-order valence-electron chi connectivity index (χ2n) is 4.69. The number of aromatic carboxylic acids is 1. The van der Waals surface area contributed by atoms with E-state index in [0.29, 0.717) is 11.2 Å². The maximum atomic E-state index is 10.8. The summed E-state index contributed by atoms with van der Waals surface area (Å²) in [4.78, 5) is 15.2. The van der Waals surface area contributed by atoms with Gasteiger partial charge in [0.1, 0.15) is 4.88 Å². The van der Waals surface area contributed by atoms with Gasteiger partial charge in [0, 0.05) is 6.04 Å². The van der Waals surface area contributed by atoms with Crippen molar-refractivity contribution in [3.63, 3.8) is 0 Å². The zero-order valence-electron chi connectivity index (χ0n) is 10.3. The SMILES string of the molecule is O=C(O)c1cnc(NC2CCc3ccccc3C2)s1. The lowest BCUT2D eigenvalue weighted by Gasteiger charge is -2.25. The van der Waals surface area contributed by atoms with E-state index < -0.39 is 5.97 Å². The first kappa shape index (κ1) is 12.2. The van der Waals surface area contributed by atoms with Gasteiger partial charge in [0.2, 0.25) is 0 Å². The van der Waals surface area contributed by atoms with Gasteiger partial charge in [-0.1, -0.05) is 35.6 Å². The minimum atomic E-state index is -0.917. The molecular weight excluding hydrogens is 260 g/mol. The predicted molar refractivity (Wildman–Crippen MR) is 75.0 cm³/mol. The number of rotatable bonds is 3. The Hall–Kier alpha value is -1.88. The summed E-state index contributed by atoms with van der Waals surface area (Å²) in [6, 6.07) is 8.81. The third kappa shape index (κ3) is 2.61. The van der Waals surface area contributed by atoms with Crippen LogP contribution < -0.4 is 5.32 Å². The highest BCUT2D eigenvalue weighted by molar-refractivity contribution is 7.17. The van der Waals surface area contributed by atoms with E-state index in [1.807, 2.05) is 0 Å². The Labute approximate surface area is 115 Å². The van der Waals surface area contributed by atoms with E-state index in [9.17, 15) is 4.79 Å². The number of aryl methyl sites for hydroxylation is 1. The van der Waals surface area contributed by atoms with Crippen molar-refractivity contribution >= 4 is 22.4 Å². The second kappa shape index (κ2) is 5.01. The Morgan fingerprint density at radius 1 is 1.37 bits per heavy atom. The number of hydrogen-bond donors (Lipinski definition) is 2. The monoisotopic (exact) mass is 274 g/mol. The van der Waals surface area contributed by atoms with Gasteiger partial charge >= 0.3 is 5.97 Å². The Bertz CT molecular complexity index is 609. The molecule has 1 heterocycles. The molecule has 5 heteroatoms. The number of fused-ring (bicyclic) bond motifs is 1. The average Bonchev–Trinajstić information content (AvgIpc) is 2.87. The van der Waals surface area contributed by atoms with E-state index in [4.69, 9.17) is 5.11 Å². The Morgan fingerprint density at radius 3 is 2.89 bits per heavy atom. The minimum absolute atomic E-state index is 0.277. The molecule has 4 nitrogen and oxygen atoms in total. The fraction of sp³-hybridized carbons (Fsp3) is 0.286. The standard InChI is InChI=1S/C14H14N2O2S/c17-13(18)12-8-15-14(19-12)16-11-6-5-9-3-1-2-4-10(9)7-11/h1-4,8,11H,5-7H2,(H,15,16)(H,17,18). The van der Waals surface area contributed by atoms with E-state index in [2.05, 4.69) is 34.6 Å². The number of carboxylic acids is 1. The van der Waals surface area contributed by atoms with Gasteiger partial charge in [0.25, 0.3) is 0 Å². The molecule has 1 aliphatic rings. The van der Waals surface area contributed by atoms with Crippen LogP contribution in [0.15, 0.2) is 30.5 Å². The summed E-state index contributed by atoms with van der Waals surface area (Å²) in [5, 5.41) is 12.9. The summed E-state index contributed by atoms with van der Waals surface area (Å²) in [5.74, 6) is -0.917. The van der Waals surface area contributed by atoms with E-state index in [1.54, 1.807) is 0 Å². The molecule has 1 aliphatic carbocycles. The van der Waals surface area contributed by atoms with Gasteiger partial charge in [-0.3, -0.25) is 0 Å². The Balaban J connectivity index is 1.70. The van der Waals surface area contributed by atoms with Crippen LogP contribution in [0.3, 0.4) is 0 Å². The van der Waals surface area contributed by atoms with Crippen molar-refractivity contribution in [3.8, 4) is 0 Å². The highest BCUT2D eigenvalue weighted by Crippen LogP contribution is 2.25. The molecule has 0 saturated heterocycles. The van der Waals surface area contributed by atoms with Crippen LogP contribution >= 0.6 is 11.3 Å². The first-order valence-electron chi connectivity index (χ1n) is 6.25. The molecule has 0 radical (unpaired) electrons. The minimum Gasteiger partial charge on any atom is -0.477 e. The quantitative estimate of drug-likeness (QED) is 0.903. The highest BCUT2D eigenvalue weighted by atomic mass is 32.1. The van der Waals surface area contributed by atoms with Crippen LogP contribution in [-0.2, 0) is 12.8 Å². The van der Waals surface area contributed by atoms with Crippen LogP contribution in [0.1, 0.15) is 27.2 Å². The Kier molecular flexibility index (Phi) is 3.21. The van der Waals surface area contributed by atoms with Crippen LogP contribution in [0.2, 0.25) is 0 Å². The molecule has 3 rings (SSSR count). The van der Waals surface area contributed by atoms with Crippen LogP contribution in [0.4, 0.5) is 5.13 Å². The Morgan fingerprint density at radius 2 is 2.16 bits per heavy atom. The molecule has 0 fully saturated rings. The number of anilines is 1. The molecule has 0 spiro atoms.